The molecule has 0 fully saturated rings. The molecule has 10 nitrogen and oxygen atoms in total. The fraction of sp³-hybridized carbons (Fsp3) is 0.257. The van der Waals surface area contributed by atoms with Gasteiger partial charge in [-0.1, -0.05) is 243 Å². The van der Waals surface area contributed by atoms with Crippen molar-refractivity contribution >= 4 is 237 Å². The zero-order valence-electron chi connectivity index (χ0n) is 60.4. The van der Waals surface area contributed by atoms with Gasteiger partial charge in [0, 0.05) is 121 Å². The van der Waals surface area contributed by atoms with Crippen molar-refractivity contribution in [3.63, 3.8) is 0 Å². The maximum Gasteiger partial charge on any atom is 0 e. The van der Waals surface area contributed by atoms with Gasteiger partial charge >= 0.3 is 55.0 Å². The van der Waals surface area contributed by atoms with Crippen molar-refractivity contribution in [3.05, 3.63) is 243 Å². The van der Waals surface area contributed by atoms with Crippen LogP contribution in [0, 0.1) is 0 Å². The minimum absolute atomic E-state index is 0. The summed E-state index contributed by atoms with van der Waals surface area (Å²) >= 11 is 10.5. The van der Waals surface area contributed by atoms with E-state index < -0.39 is 77.8 Å². The van der Waals surface area contributed by atoms with E-state index in [1.165, 1.54) is 78.5 Å². The number of rotatable bonds is 22. The van der Waals surface area contributed by atoms with Gasteiger partial charge in [-0.15, -0.1) is 44.6 Å². The first-order chi connectivity index (χ1) is 48.0. The van der Waals surface area contributed by atoms with E-state index >= 15 is 0 Å². The summed E-state index contributed by atoms with van der Waals surface area (Å²) in [6.45, 7) is 4.77. The van der Waals surface area contributed by atoms with Gasteiger partial charge in [-0.25, -0.2) is 9.80 Å². The molecule has 0 saturated carbocycles. The second-order valence-electron chi connectivity index (χ2n) is 18.8. The van der Waals surface area contributed by atoms with Gasteiger partial charge in [-0.05, 0) is 126 Å². The number of carboxylic acids is 2. The molecule has 0 saturated heterocycles. The molecule has 35 heteroatoms. The zero-order chi connectivity index (χ0) is 76.1. The van der Waals surface area contributed by atoms with E-state index in [1.807, 2.05) is 0 Å². The van der Waals surface area contributed by atoms with Crippen LogP contribution in [-0.2, 0) is 126 Å². The van der Waals surface area contributed by atoms with Crippen LogP contribution < -0.4 is 42.4 Å². The quantitative estimate of drug-likeness (QED) is 0.0499. The molecule has 2 N–H and O–H groups in total. The Bertz CT molecular complexity index is 2710. The van der Waals surface area contributed by atoms with Crippen LogP contribution in [-0.4, -0.2) is 84.4 Å². The molecule has 0 aromatic heterocycles. The van der Waals surface area contributed by atoms with E-state index in [4.69, 9.17) is 66.7 Å². The molecule has 0 heterocycles. The van der Waals surface area contributed by atoms with Crippen molar-refractivity contribution in [2.75, 3.05) is 39.2 Å². The van der Waals surface area contributed by atoms with E-state index in [0.29, 0.717) is 7.96 Å². The topological polar surface area (TPSA) is 134 Å². The second kappa shape index (κ2) is 87.7. The SMILES string of the molecule is C.C.C.C.C.CC(=O)O.CC(=O)O.CC(=O)OP(OC(C)=O)PP.CN(C[PH+](c1ccccc1)c1ccccc1)C[PH+](c1ccccc1)c1ccccc1.CN(C[PH+](c1ccccc1)c1ccccc1)C[PH+](c1ccccc1)c1ccccc1.PPP(Cl)Cl.[3H]C.[3H]C.[3H]C.[3H]P(P)PP(P)P.[Cl][Pd][Cl].[Pd].[Pd].[Pd].[Pd]. The summed E-state index contributed by atoms with van der Waals surface area (Å²) in [6, 6.07) is 88.5. The van der Waals surface area contributed by atoms with Crippen LogP contribution >= 0.6 is 171 Å². The number of nitrogens with zero attached hydrogens (tertiary/aromatic N) is 2. The summed E-state index contributed by atoms with van der Waals surface area (Å²) in [6.07, 6.45) is 3.75. The van der Waals surface area contributed by atoms with Gasteiger partial charge in [0.25, 0.3) is 11.9 Å². The summed E-state index contributed by atoms with van der Waals surface area (Å²) in [5, 5.41) is 26.7. The maximum absolute atomic E-state index is 10.4. The fourth-order valence-electron chi connectivity index (χ4n) is 8.07. The second-order valence-corrected chi connectivity index (χ2v) is 62.2. The van der Waals surface area contributed by atoms with Crippen molar-refractivity contribution in [2.24, 2.45) is 0 Å². The standard InChI is InChI=1S/2C27H27NP2.C4H9O4P3.2C2H4O2.8CH4.Cl2H3P3.2ClH.H8P6.5Pd/c2*1-28(22-29(24-14-6-2-7-15-24)25-16-8-3-9-17-25)23-30(26-18-10-4-11-19-26)27-20-12-5-13-21-27;1-3(5)7-11(10-9)8-4(2)6;2*1-2(3)4;;;;;;;;;1-5(2)4-3;;;1-4-5-6(2)3;;;;;/h2*2-21H,22-23H2,1H3;10H,9H2,1-2H3;2*1H3,(H,3,4);8*1H4;4H,3H2;2*1H;4-5H,1-3H2;;;;;/q;;;;;;;;;;;;;;;;;;;;;+2/p+2/i;;;;;3*1T;;;;;;;;;4T;;;;;. The van der Waals surface area contributed by atoms with E-state index in [0.717, 1.165) is 46.9 Å². The summed E-state index contributed by atoms with van der Waals surface area (Å²) in [5.41, 5.74) is 0. The van der Waals surface area contributed by atoms with E-state index in [1.54, 1.807) is 0 Å². The number of hydrogen-bond acceptors (Lipinski definition) is 8. The molecule has 0 bridgehead atoms. The van der Waals surface area contributed by atoms with E-state index in [-0.39, 0.29) is 150 Å². The predicted molar refractivity (Wildman–Crippen MR) is 507 cm³/mol. The minimum atomic E-state index is -1.35. The van der Waals surface area contributed by atoms with Gasteiger partial charge in [-0.3, -0.25) is 19.2 Å². The van der Waals surface area contributed by atoms with Crippen LogP contribution in [0.2, 0.25) is 0 Å². The molecule has 610 valence electrons. The Labute approximate surface area is 749 Å². The number of halogens is 4. The summed E-state index contributed by atoms with van der Waals surface area (Å²) < 4.78 is 33.8. The molecular weight excluding hydrogens is 2170 g/mol. The molecule has 0 radical (unpaired) electrons. The normalized spacial score (nSPS) is 10.2. The van der Waals surface area contributed by atoms with Gasteiger partial charge in [0.1, 0.15) is 31.5 Å². The van der Waals surface area contributed by atoms with Crippen molar-refractivity contribution < 1.29 is 140 Å². The number of aliphatic carboxylic acids is 2. The number of carbonyl (C=O) groups is 4. The average molecular weight is 2290 g/mol. The van der Waals surface area contributed by atoms with E-state index in [2.05, 4.69) is 320 Å². The molecule has 9 atom stereocenters. The van der Waals surface area contributed by atoms with Gasteiger partial charge in [0.05, 0.1) is 75.4 Å². The molecule has 8 aromatic carbocycles. The van der Waals surface area contributed by atoms with Crippen LogP contribution in [0.5, 0.6) is 0 Å². The van der Waals surface area contributed by atoms with Gasteiger partial charge in [-0.2, -0.15) is 0 Å². The molecule has 105 heavy (non-hydrogen) atoms. The Hall–Kier alpha value is 2.91. The monoisotopic (exact) mass is 2290 g/mol. The van der Waals surface area contributed by atoms with Crippen LogP contribution in [0.3, 0.4) is 0 Å². The maximum atomic E-state index is 10.4. The van der Waals surface area contributed by atoms with Crippen LogP contribution in [0.15, 0.2) is 243 Å². The van der Waals surface area contributed by atoms with Crippen LogP contribution in [0.25, 0.3) is 0 Å². The predicted octanol–water partition coefficient (Wildman–Crippen LogP) is 23.8. The molecule has 8 rings (SSSR count). The van der Waals surface area contributed by atoms with Crippen molar-refractivity contribution in [2.45, 2.75) is 87.0 Å². The first-order valence-corrected chi connectivity index (χ1v) is 60.0. The first kappa shape index (κ1) is 124. The smallest absolute Gasteiger partial charge is 0 e. The molecule has 0 amide bonds. The Balaban J connectivity index is -0.000000110. The Kier molecular flexibility index (Phi) is 103. The molecular formula is C70H118Cl4N2O8P16Pd5+4. The van der Waals surface area contributed by atoms with E-state index in [9.17, 15) is 9.59 Å². The molecule has 0 aliphatic heterocycles. The third-order valence-electron chi connectivity index (χ3n) is 11.5. The Morgan fingerprint density at radius 1 is 0.419 bits per heavy atom. The Morgan fingerprint density at radius 2 is 0.562 bits per heavy atom. The Morgan fingerprint density at radius 3 is 0.648 bits per heavy atom. The number of hydrogen-bond donors (Lipinski definition) is 2. The molecule has 0 aliphatic carbocycles. The summed E-state index contributed by atoms with van der Waals surface area (Å²) in [5.74, 6) is -2.51. The largest absolute Gasteiger partial charge is 0 e. The van der Waals surface area contributed by atoms with Gasteiger partial charge < -0.3 is 19.3 Å². The molecule has 0 spiro atoms. The zero-order valence-corrected chi connectivity index (χ0v) is 83.6. The van der Waals surface area contributed by atoms with Gasteiger partial charge in [0.15, 0.2) is 0 Å². The first-order valence-electron chi connectivity index (χ1n) is 31.2. The third kappa shape index (κ3) is 69.7. The van der Waals surface area contributed by atoms with Crippen molar-refractivity contribution in [1.29, 1.82) is 1.28 Å². The fourth-order valence-corrected chi connectivity index (χ4v) is 37.5. The molecule has 8 aromatic rings. The molecule has 0 aliphatic rings. The van der Waals surface area contributed by atoms with Crippen molar-refractivity contribution in [1.82, 2.24) is 9.80 Å². The van der Waals surface area contributed by atoms with Crippen LogP contribution in [0.1, 0.15) is 91.1 Å². The summed E-state index contributed by atoms with van der Waals surface area (Å²) in [4.78, 5) is 43.9. The van der Waals surface area contributed by atoms with Gasteiger partial charge in [0.2, 0.25) is 0 Å². The van der Waals surface area contributed by atoms with Crippen LogP contribution in [0.4, 0.5) is 0 Å². The van der Waals surface area contributed by atoms with Crippen molar-refractivity contribution in [3.8, 4) is 0 Å². The minimum Gasteiger partial charge on any atom is 0 e. The number of benzene rings is 8. The number of carboxylic acid groups (broad SMARTS) is 2. The average Bonchev–Trinajstić information content (AvgIpc) is 0.835. The third-order valence-corrected chi connectivity index (χ3v) is 49.0. The molecule has 9 unspecified atom stereocenters. The summed E-state index contributed by atoms with van der Waals surface area (Å²) in [7, 11) is 27.2. The number of carbonyl (C=O) groups excluding carboxylic acids is 2.